The lowest BCUT2D eigenvalue weighted by molar-refractivity contribution is -0.136. The molecule has 2 aromatic carbocycles. The van der Waals surface area contributed by atoms with Gasteiger partial charge in [-0.1, -0.05) is 23.7 Å². The second-order valence-corrected chi connectivity index (χ2v) is 7.12. The van der Waals surface area contributed by atoms with Gasteiger partial charge < -0.3 is 15.5 Å². The number of rotatable bonds is 5. The van der Waals surface area contributed by atoms with Gasteiger partial charge in [-0.2, -0.15) is 0 Å². The lowest BCUT2D eigenvalue weighted by atomic mass is 10.1. The van der Waals surface area contributed by atoms with Crippen LogP contribution in [0.1, 0.15) is 24.8 Å². The fraction of sp³-hybridized carbons (Fsp3) is 0.333. The van der Waals surface area contributed by atoms with Crippen LogP contribution in [0.2, 0.25) is 5.02 Å². The number of hydrogen-bond acceptors (Lipinski definition) is 3. The van der Waals surface area contributed by atoms with E-state index in [-0.39, 0.29) is 0 Å². The number of carbonyl (C=O) groups is 2. The minimum absolute atomic E-state index is 0.391. The number of piperidine rings is 1. The van der Waals surface area contributed by atoms with Gasteiger partial charge in [-0.15, -0.1) is 0 Å². The van der Waals surface area contributed by atoms with E-state index >= 15 is 0 Å². The van der Waals surface area contributed by atoms with Gasteiger partial charge >= 0.3 is 11.8 Å². The van der Waals surface area contributed by atoms with Gasteiger partial charge in [-0.05, 0) is 67.6 Å². The van der Waals surface area contributed by atoms with E-state index in [2.05, 4.69) is 15.5 Å². The van der Waals surface area contributed by atoms with Crippen LogP contribution in [0.5, 0.6) is 0 Å². The van der Waals surface area contributed by atoms with Gasteiger partial charge in [0.05, 0.1) is 0 Å². The first-order valence-electron chi connectivity index (χ1n) is 9.30. The summed E-state index contributed by atoms with van der Waals surface area (Å²) in [7, 11) is 0. The smallest absolute Gasteiger partial charge is 0.313 e. The standard InChI is InChI=1S/C21H24ClN3O2/c22-17-6-4-16(5-7-17)12-13-23-20(26)21(27)24-18-8-10-19(11-9-18)25-14-2-1-3-15-25/h4-11H,1-3,12-15H2,(H,23,26)(H,24,27). The van der Waals surface area contributed by atoms with E-state index in [1.165, 1.54) is 19.3 Å². The monoisotopic (exact) mass is 385 g/mol. The maximum absolute atomic E-state index is 12.0. The van der Waals surface area contributed by atoms with Crippen LogP contribution in [0.4, 0.5) is 11.4 Å². The number of halogens is 1. The third-order valence-electron chi connectivity index (χ3n) is 4.67. The van der Waals surface area contributed by atoms with Gasteiger partial charge in [0, 0.05) is 36.0 Å². The van der Waals surface area contributed by atoms with E-state index in [4.69, 9.17) is 11.6 Å². The molecule has 1 heterocycles. The molecule has 6 heteroatoms. The van der Waals surface area contributed by atoms with Gasteiger partial charge in [-0.25, -0.2) is 0 Å². The van der Waals surface area contributed by atoms with Crippen molar-refractivity contribution in [3.05, 3.63) is 59.1 Å². The first-order chi connectivity index (χ1) is 13.1. The van der Waals surface area contributed by atoms with E-state index in [0.717, 1.165) is 24.3 Å². The van der Waals surface area contributed by atoms with E-state index in [1.807, 2.05) is 36.4 Å². The van der Waals surface area contributed by atoms with Crippen LogP contribution < -0.4 is 15.5 Å². The Bertz CT molecular complexity index is 769. The maximum atomic E-state index is 12.0. The second-order valence-electron chi connectivity index (χ2n) is 6.68. The molecule has 2 N–H and O–H groups in total. The molecular formula is C21H24ClN3O2. The largest absolute Gasteiger partial charge is 0.372 e. The molecule has 1 aliphatic heterocycles. The van der Waals surface area contributed by atoms with Crippen molar-refractivity contribution in [3.63, 3.8) is 0 Å². The van der Waals surface area contributed by atoms with Crippen LogP contribution in [0.25, 0.3) is 0 Å². The Morgan fingerprint density at radius 3 is 2.22 bits per heavy atom. The molecule has 0 bridgehead atoms. The summed E-state index contributed by atoms with van der Waals surface area (Å²) in [5.41, 5.74) is 2.82. The number of nitrogens with one attached hydrogen (secondary N) is 2. The average Bonchev–Trinajstić information content (AvgIpc) is 2.70. The number of carbonyl (C=O) groups excluding carboxylic acids is 2. The Morgan fingerprint density at radius 2 is 1.56 bits per heavy atom. The molecule has 0 aromatic heterocycles. The lowest BCUT2D eigenvalue weighted by Gasteiger charge is -2.28. The molecule has 142 valence electrons. The Kier molecular flexibility index (Phi) is 6.71. The molecule has 0 radical (unpaired) electrons. The molecular weight excluding hydrogens is 362 g/mol. The average molecular weight is 386 g/mol. The zero-order chi connectivity index (χ0) is 19.1. The van der Waals surface area contributed by atoms with Crippen LogP contribution in [-0.4, -0.2) is 31.4 Å². The highest BCUT2D eigenvalue weighted by Gasteiger charge is 2.14. The van der Waals surface area contributed by atoms with Crippen LogP contribution in [0.15, 0.2) is 48.5 Å². The predicted octanol–water partition coefficient (Wildman–Crippen LogP) is 3.63. The normalized spacial score (nSPS) is 13.9. The summed E-state index contributed by atoms with van der Waals surface area (Å²) in [6, 6.07) is 15.1. The third kappa shape index (κ3) is 5.73. The molecule has 1 saturated heterocycles. The summed E-state index contributed by atoms with van der Waals surface area (Å²) in [4.78, 5) is 26.3. The van der Waals surface area contributed by atoms with Crippen LogP contribution in [0.3, 0.4) is 0 Å². The molecule has 1 fully saturated rings. The van der Waals surface area contributed by atoms with Crippen molar-refractivity contribution in [3.8, 4) is 0 Å². The summed E-state index contributed by atoms with van der Waals surface area (Å²) in [5.74, 6) is -1.29. The van der Waals surface area contributed by atoms with Crippen molar-refractivity contribution in [2.45, 2.75) is 25.7 Å². The SMILES string of the molecule is O=C(NCCc1ccc(Cl)cc1)C(=O)Nc1ccc(N2CCCCC2)cc1. The number of amides is 2. The van der Waals surface area contributed by atoms with Crippen LogP contribution in [-0.2, 0) is 16.0 Å². The van der Waals surface area contributed by atoms with Crippen molar-refractivity contribution in [1.29, 1.82) is 0 Å². The highest BCUT2D eigenvalue weighted by molar-refractivity contribution is 6.39. The summed E-state index contributed by atoms with van der Waals surface area (Å²) in [6.07, 6.45) is 4.36. The van der Waals surface area contributed by atoms with Gasteiger partial charge in [-0.3, -0.25) is 9.59 Å². The molecule has 3 rings (SSSR count). The maximum Gasteiger partial charge on any atom is 0.313 e. The van der Waals surface area contributed by atoms with Crippen LogP contribution in [0, 0.1) is 0 Å². The van der Waals surface area contributed by atoms with Gasteiger partial charge in [0.2, 0.25) is 0 Å². The topological polar surface area (TPSA) is 61.4 Å². The molecule has 2 aromatic rings. The highest BCUT2D eigenvalue weighted by atomic mass is 35.5. The summed E-state index contributed by atoms with van der Waals surface area (Å²) in [5, 5.41) is 5.95. The van der Waals surface area contributed by atoms with Gasteiger partial charge in [0.15, 0.2) is 0 Å². The number of anilines is 2. The summed E-state index contributed by atoms with van der Waals surface area (Å²) in [6.45, 7) is 2.53. The molecule has 0 spiro atoms. The van der Waals surface area contributed by atoms with E-state index < -0.39 is 11.8 Å². The Balaban J connectivity index is 1.44. The molecule has 0 atom stereocenters. The fourth-order valence-electron chi connectivity index (χ4n) is 3.15. The van der Waals surface area contributed by atoms with E-state index in [9.17, 15) is 9.59 Å². The first-order valence-corrected chi connectivity index (χ1v) is 9.68. The van der Waals surface area contributed by atoms with Crippen molar-refractivity contribution in [2.24, 2.45) is 0 Å². The third-order valence-corrected chi connectivity index (χ3v) is 4.92. The minimum atomic E-state index is -0.656. The number of hydrogen-bond donors (Lipinski definition) is 2. The molecule has 0 saturated carbocycles. The Morgan fingerprint density at radius 1 is 0.889 bits per heavy atom. The van der Waals surface area contributed by atoms with Gasteiger partial charge in [0.25, 0.3) is 0 Å². The summed E-state index contributed by atoms with van der Waals surface area (Å²) >= 11 is 5.84. The quantitative estimate of drug-likeness (QED) is 0.772. The predicted molar refractivity (Wildman–Crippen MR) is 109 cm³/mol. The van der Waals surface area contributed by atoms with E-state index in [1.54, 1.807) is 12.1 Å². The molecule has 1 aliphatic rings. The molecule has 5 nitrogen and oxygen atoms in total. The first kappa shape index (κ1) is 19.2. The van der Waals surface area contributed by atoms with Crippen molar-refractivity contribution >= 4 is 34.8 Å². The molecule has 2 amide bonds. The van der Waals surface area contributed by atoms with Gasteiger partial charge in [0.1, 0.15) is 0 Å². The van der Waals surface area contributed by atoms with Crippen molar-refractivity contribution in [2.75, 3.05) is 29.9 Å². The Labute approximate surface area is 164 Å². The fourth-order valence-corrected chi connectivity index (χ4v) is 3.27. The lowest BCUT2D eigenvalue weighted by Crippen LogP contribution is -2.36. The molecule has 27 heavy (non-hydrogen) atoms. The minimum Gasteiger partial charge on any atom is -0.372 e. The number of benzene rings is 2. The summed E-state index contributed by atoms with van der Waals surface area (Å²) < 4.78 is 0. The Hall–Kier alpha value is -2.53. The van der Waals surface area contributed by atoms with Crippen molar-refractivity contribution < 1.29 is 9.59 Å². The van der Waals surface area contributed by atoms with Crippen LogP contribution >= 0.6 is 11.6 Å². The van der Waals surface area contributed by atoms with Crippen molar-refractivity contribution in [1.82, 2.24) is 5.32 Å². The number of nitrogens with zero attached hydrogens (tertiary/aromatic N) is 1. The molecule has 0 unspecified atom stereocenters. The zero-order valence-corrected chi connectivity index (χ0v) is 16.0. The van der Waals surface area contributed by atoms with E-state index in [0.29, 0.717) is 23.7 Å². The molecule has 0 aliphatic carbocycles. The zero-order valence-electron chi connectivity index (χ0n) is 15.2. The highest BCUT2D eigenvalue weighted by Crippen LogP contribution is 2.21. The second kappa shape index (κ2) is 9.42.